The zero-order valence-corrected chi connectivity index (χ0v) is 9.36. The lowest BCUT2D eigenvalue weighted by atomic mass is 9.94. The molecule has 1 aromatic heterocycles. The van der Waals surface area contributed by atoms with Crippen LogP contribution in [-0.4, -0.2) is 28.8 Å². The molecular formula is C11H16N4O. The Labute approximate surface area is 94.7 Å². The van der Waals surface area contributed by atoms with E-state index in [2.05, 4.69) is 20.6 Å². The van der Waals surface area contributed by atoms with Crippen LogP contribution in [0.3, 0.4) is 0 Å². The van der Waals surface area contributed by atoms with Gasteiger partial charge in [-0.05, 0) is 12.8 Å². The minimum absolute atomic E-state index is 0.359. The molecule has 0 bridgehead atoms. The van der Waals surface area contributed by atoms with E-state index in [0.717, 1.165) is 24.5 Å². The van der Waals surface area contributed by atoms with Gasteiger partial charge < -0.3 is 10.6 Å². The lowest BCUT2D eigenvalue weighted by Gasteiger charge is -2.22. The first-order valence-corrected chi connectivity index (χ1v) is 5.56. The second-order valence-electron chi connectivity index (χ2n) is 4.00. The third kappa shape index (κ3) is 2.68. The number of aromatic nitrogens is 2. The van der Waals surface area contributed by atoms with Crippen molar-refractivity contribution in [3.8, 4) is 0 Å². The molecule has 1 heterocycles. The van der Waals surface area contributed by atoms with Crippen LogP contribution in [0.1, 0.15) is 25.7 Å². The maximum atomic E-state index is 11.1. The number of carbonyl (C=O) groups is 1. The van der Waals surface area contributed by atoms with Crippen LogP contribution in [0, 0.1) is 0 Å². The highest BCUT2D eigenvalue weighted by Crippen LogP contribution is 2.19. The number of hydrogen-bond acceptors (Lipinski definition) is 5. The summed E-state index contributed by atoms with van der Waals surface area (Å²) in [6.07, 6.45) is 4.70. The highest BCUT2D eigenvalue weighted by atomic mass is 16.1. The summed E-state index contributed by atoms with van der Waals surface area (Å²) in [7, 11) is 1.82. The van der Waals surface area contributed by atoms with Crippen molar-refractivity contribution in [2.45, 2.75) is 31.7 Å². The molecule has 1 aliphatic rings. The summed E-state index contributed by atoms with van der Waals surface area (Å²) in [6, 6.07) is 2.23. The summed E-state index contributed by atoms with van der Waals surface area (Å²) in [6.45, 7) is 0. The van der Waals surface area contributed by atoms with Crippen LogP contribution in [0.25, 0.3) is 0 Å². The third-order valence-electron chi connectivity index (χ3n) is 2.82. The SMILES string of the molecule is CNc1cc(NC2CCC(=O)CC2)ncn1. The molecule has 0 radical (unpaired) electrons. The Morgan fingerprint density at radius 1 is 1.25 bits per heavy atom. The highest BCUT2D eigenvalue weighted by Gasteiger charge is 2.18. The van der Waals surface area contributed by atoms with E-state index in [9.17, 15) is 4.79 Å². The summed E-state index contributed by atoms with van der Waals surface area (Å²) in [4.78, 5) is 19.3. The van der Waals surface area contributed by atoms with E-state index >= 15 is 0 Å². The fourth-order valence-corrected chi connectivity index (χ4v) is 1.87. The molecule has 0 saturated heterocycles. The first kappa shape index (κ1) is 10.9. The molecule has 1 saturated carbocycles. The van der Waals surface area contributed by atoms with Crippen molar-refractivity contribution in [3.05, 3.63) is 12.4 Å². The Morgan fingerprint density at radius 2 is 1.94 bits per heavy atom. The number of hydrogen-bond donors (Lipinski definition) is 2. The summed E-state index contributed by atoms with van der Waals surface area (Å²) < 4.78 is 0. The molecular weight excluding hydrogens is 204 g/mol. The van der Waals surface area contributed by atoms with E-state index in [1.54, 1.807) is 0 Å². The number of anilines is 2. The van der Waals surface area contributed by atoms with Gasteiger partial charge in [-0.2, -0.15) is 0 Å². The number of carbonyl (C=O) groups excluding carboxylic acids is 1. The minimum atomic E-state index is 0.359. The number of ketones is 1. The average molecular weight is 220 g/mol. The molecule has 0 spiro atoms. The lowest BCUT2D eigenvalue weighted by Crippen LogP contribution is -2.26. The molecule has 0 atom stereocenters. The monoisotopic (exact) mass is 220 g/mol. The summed E-state index contributed by atoms with van der Waals surface area (Å²) in [5, 5.41) is 6.30. The molecule has 0 aromatic carbocycles. The van der Waals surface area contributed by atoms with Gasteiger partial charge in [0.2, 0.25) is 0 Å². The number of nitrogens with zero attached hydrogens (tertiary/aromatic N) is 2. The van der Waals surface area contributed by atoms with Crippen LogP contribution >= 0.6 is 0 Å². The average Bonchev–Trinajstić information content (AvgIpc) is 2.32. The van der Waals surface area contributed by atoms with Crippen molar-refractivity contribution in [1.82, 2.24) is 9.97 Å². The van der Waals surface area contributed by atoms with Crippen molar-refractivity contribution in [3.63, 3.8) is 0 Å². The minimum Gasteiger partial charge on any atom is -0.373 e. The second-order valence-corrected chi connectivity index (χ2v) is 4.00. The molecule has 2 N–H and O–H groups in total. The topological polar surface area (TPSA) is 66.9 Å². The van der Waals surface area contributed by atoms with E-state index in [-0.39, 0.29) is 0 Å². The maximum Gasteiger partial charge on any atom is 0.133 e. The molecule has 1 fully saturated rings. The van der Waals surface area contributed by atoms with Gasteiger partial charge in [-0.25, -0.2) is 9.97 Å². The molecule has 16 heavy (non-hydrogen) atoms. The van der Waals surface area contributed by atoms with E-state index in [1.807, 2.05) is 13.1 Å². The predicted molar refractivity (Wildman–Crippen MR) is 62.5 cm³/mol. The van der Waals surface area contributed by atoms with E-state index in [4.69, 9.17) is 0 Å². The maximum absolute atomic E-state index is 11.1. The van der Waals surface area contributed by atoms with Crippen LogP contribution in [0.5, 0.6) is 0 Å². The van der Waals surface area contributed by atoms with Gasteiger partial charge in [0, 0.05) is 32.0 Å². The molecule has 0 aliphatic heterocycles. The molecule has 0 unspecified atom stereocenters. The molecule has 5 nitrogen and oxygen atoms in total. The fraction of sp³-hybridized carbons (Fsp3) is 0.545. The van der Waals surface area contributed by atoms with Crippen LogP contribution in [0.15, 0.2) is 12.4 Å². The predicted octanol–water partition coefficient (Wildman–Crippen LogP) is 1.44. The quantitative estimate of drug-likeness (QED) is 0.806. The van der Waals surface area contributed by atoms with Crippen LogP contribution in [0.2, 0.25) is 0 Å². The fourth-order valence-electron chi connectivity index (χ4n) is 1.87. The zero-order chi connectivity index (χ0) is 11.4. The highest BCUT2D eigenvalue weighted by molar-refractivity contribution is 5.79. The normalized spacial score (nSPS) is 17.2. The van der Waals surface area contributed by atoms with Gasteiger partial charge in [0.15, 0.2) is 0 Å². The van der Waals surface area contributed by atoms with E-state index < -0.39 is 0 Å². The molecule has 1 aliphatic carbocycles. The summed E-state index contributed by atoms with van der Waals surface area (Å²) >= 11 is 0. The lowest BCUT2D eigenvalue weighted by molar-refractivity contribution is -0.120. The van der Waals surface area contributed by atoms with Crippen molar-refractivity contribution >= 4 is 17.4 Å². The van der Waals surface area contributed by atoms with Crippen LogP contribution in [-0.2, 0) is 4.79 Å². The summed E-state index contributed by atoms with van der Waals surface area (Å²) in [5.74, 6) is 1.99. The zero-order valence-electron chi connectivity index (χ0n) is 9.36. The first-order valence-electron chi connectivity index (χ1n) is 5.56. The molecule has 5 heteroatoms. The van der Waals surface area contributed by atoms with Gasteiger partial charge in [0.1, 0.15) is 23.7 Å². The molecule has 0 amide bonds. The van der Waals surface area contributed by atoms with Gasteiger partial charge in [-0.3, -0.25) is 4.79 Å². The Bertz CT molecular complexity index is 370. The van der Waals surface area contributed by atoms with Crippen LogP contribution in [0.4, 0.5) is 11.6 Å². The first-order chi connectivity index (χ1) is 7.78. The largest absolute Gasteiger partial charge is 0.373 e. The van der Waals surface area contributed by atoms with Crippen molar-refractivity contribution in [2.24, 2.45) is 0 Å². The van der Waals surface area contributed by atoms with Crippen molar-refractivity contribution in [2.75, 3.05) is 17.7 Å². The second kappa shape index (κ2) is 4.92. The Morgan fingerprint density at radius 3 is 2.62 bits per heavy atom. The van der Waals surface area contributed by atoms with Gasteiger partial charge >= 0.3 is 0 Å². The van der Waals surface area contributed by atoms with Crippen LogP contribution < -0.4 is 10.6 Å². The van der Waals surface area contributed by atoms with E-state index in [0.29, 0.717) is 24.7 Å². The Hall–Kier alpha value is -1.65. The standard InChI is InChI=1S/C11H16N4O/c1-12-10-6-11(14-7-13-10)15-8-2-4-9(16)5-3-8/h6-8H,2-5H2,1H3,(H2,12,13,14,15). The smallest absolute Gasteiger partial charge is 0.133 e. The van der Waals surface area contributed by atoms with Gasteiger partial charge in [-0.15, -0.1) is 0 Å². The van der Waals surface area contributed by atoms with Gasteiger partial charge in [-0.1, -0.05) is 0 Å². The number of nitrogens with one attached hydrogen (secondary N) is 2. The molecule has 1 aromatic rings. The molecule has 86 valence electrons. The third-order valence-corrected chi connectivity index (χ3v) is 2.82. The van der Waals surface area contributed by atoms with Gasteiger partial charge in [0.05, 0.1) is 0 Å². The van der Waals surface area contributed by atoms with Crippen molar-refractivity contribution in [1.29, 1.82) is 0 Å². The number of rotatable bonds is 3. The van der Waals surface area contributed by atoms with E-state index in [1.165, 1.54) is 6.33 Å². The Balaban J connectivity index is 1.95. The molecule has 2 rings (SSSR count). The Kier molecular flexibility index (Phi) is 3.34. The van der Waals surface area contributed by atoms with Gasteiger partial charge in [0.25, 0.3) is 0 Å². The number of Topliss-reactive ketones (excluding diaryl/α,β-unsaturated/α-hetero) is 1. The van der Waals surface area contributed by atoms with Crippen molar-refractivity contribution < 1.29 is 4.79 Å². The summed E-state index contributed by atoms with van der Waals surface area (Å²) in [5.41, 5.74) is 0.